The van der Waals surface area contributed by atoms with Crippen LogP contribution in [0.15, 0.2) is 54.6 Å². The fourth-order valence-electron chi connectivity index (χ4n) is 3.10. The number of amides is 1. The van der Waals surface area contributed by atoms with Crippen LogP contribution in [-0.4, -0.2) is 25.0 Å². The van der Waals surface area contributed by atoms with Crippen molar-refractivity contribution in [1.82, 2.24) is 5.32 Å². The third-order valence-electron chi connectivity index (χ3n) is 4.14. The van der Waals surface area contributed by atoms with E-state index in [1.807, 2.05) is 30.3 Å². The molecule has 4 nitrogen and oxygen atoms in total. The summed E-state index contributed by atoms with van der Waals surface area (Å²) in [4.78, 5) is 23.4. The molecule has 3 aromatic carbocycles. The summed E-state index contributed by atoms with van der Waals surface area (Å²) < 4.78 is 4.83. The number of rotatable bonds is 4. The molecule has 0 aliphatic heterocycles. The van der Waals surface area contributed by atoms with Crippen molar-refractivity contribution in [2.75, 3.05) is 7.11 Å². The molecule has 0 saturated carbocycles. The molecule has 0 aliphatic rings. The normalized spacial score (nSPS) is 12.1. The first kappa shape index (κ1) is 16.0. The number of benzene rings is 3. The van der Waals surface area contributed by atoms with Crippen LogP contribution < -0.4 is 5.32 Å². The molecule has 0 aliphatic carbocycles. The van der Waals surface area contributed by atoms with E-state index in [4.69, 9.17) is 4.74 Å². The summed E-state index contributed by atoms with van der Waals surface area (Å²) in [5.41, 5.74) is 1.01. The lowest BCUT2D eigenvalue weighted by Crippen LogP contribution is -2.42. The molecule has 1 amide bonds. The van der Waals surface area contributed by atoms with Crippen molar-refractivity contribution in [2.45, 2.75) is 19.4 Å². The zero-order chi connectivity index (χ0) is 17.1. The zero-order valence-corrected chi connectivity index (χ0v) is 13.7. The number of ether oxygens (including phenoxy) is 1. The quantitative estimate of drug-likeness (QED) is 0.593. The molecule has 0 bridgehead atoms. The van der Waals surface area contributed by atoms with Gasteiger partial charge in [0.05, 0.1) is 7.11 Å². The number of methoxy groups -OCH3 is 1. The smallest absolute Gasteiger partial charge is 0.328 e. The number of hydrogen-bond donors (Lipinski definition) is 1. The van der Waals surface area contributed by atoms with Crippen molar-refractivity contribution in [3.63, 3.8) is 0 Å². The van der Waals surface area contributed by atoms with Gasteiger partial charge < -0.3 is 10.1 Å². The summed E-state index contributed by atoms with van der Waals surface area (Å²) in [6, 6.07) is 17.6. The van der Waals surface area contributed by atoms with E-state index in [1.54, 1.807) is 0 Å². The molecule has 0 aromatic heterocycles. The number of carbonyl (C=O) groups is 2. The van der Waals surface area contributed by atoms with Crippen molar-refractivity contribution < 1.29 is 14.3 Å². The van der Waals surface area contributed by atoms with Gasteiger partial charge in [-0.2, -0.15) is 0 Å². The summed E-state index contributed by atoms with van der Waals surface area (Å²) >= 11 is 0. The highest BCUT2D eigenvalue weighted by Gasteiger charge is 2.22. The van der Waals surface area contributed by atoms with E-state index < -0.39 is 12.0 Å². The van der Waals surface area contributed by atoms with Crippen molar-refractivity contribution in [3.05, 3.63) is 60.2 Å². The Morgan fingerprint density at radius 3 is 2.29 bits per heavy atom. The second-order valence-corrected chi connectivity index (χ2v) is 5.78. The van der Waals surface area contributed by atoms with E-state index in [9.17, 15) is 9.59 Å². The van der Waals surface area contributed by atoms with E-state index in [0.717, 1.165) is 21.7 Å². The number of esters is 1. The number of nitrogens with one attached hydrogen (secondary N) is 1. The van der Waals surface area contributed by atoms with Crippen LogP contribution in [0.2, 0.25) is 0 Å². The molecule has 0 saturated heterocycles. The summed E-state index contributed by atoms with van der Waals surface area (Å²) in [7, 11) is 1.33. The van der Waals surface area contributed by atoms with Crippen LogP contribution in [0.5, 0.6) is 0 Å². The van der Waals surface area contributed by atoms with Crippen molar-refractivity contribution in [2.24, 2.45) is 0 Å². The van der Waals surface area contributed by atoms with Gasteiger partial charge in [0.25, 0.3) is 0 Å². The average Bonchev–Trinajstić information content (AvgIpc) is 2.60. The number of fused-ring (bicyclic) bond motifs is 3. The predicted octanol–water partition coefficient (Wildman–Crippen LogP) is 3.21. The van der Waals surface area contributed by atoms with Gasteiger partial charge in [-0.05, 0) is 27.1 Å². The summed E-state index contributed by atoms with van der Waals surface area (Å²) in [6.07, 6.45) is 0.387. The molecule has 0 fully saturated rings. The maximum Gasteiger partial charge on any atom is 0.328 e. The maximum absolute atomic E-state index is 12.0. The molecule has 122 valence electrons. The van der Waals surface area contributed by atoms with E-state index in [1.165, 1.54) is 19.4 Å². The molecule has 1 atom stereocenters. The highest BCUT2D eigenvalue weighted by molar-refractivity contribution is 6.09. The van der Waals surface area contributed by atoms with Crippen LogP contribution in [-0.2, 0) is 20.7 Å². The van der Waals surface area contributed by atoms with Gasteiger partial charge in [-0.1, -0.05) is 54.6 Å². The number of hydrogen-bond acceptors (Lipinski definition) is 3. The summed E-state index contributed by atoms with van der Waals surface area (Å²) in [6.45, 7) is 1.40. The Kier molecular flexibility index (Phi) is 4.47. The fourth-order valence-corrected chi connectivity index (χ4v) is 3.10. The molecular weight excluding hydrogens is 302 g/mol. The molecule has 3 rings (SSSR count). The highest BCUT2D eigenvalue weighted by Crippen LogP contribution is 2.29. The Hall–Kier alpha value is -2.88. The summed E-state index contributed by atoms with van der Waals surface area (Å²) in [5.74, 6) is -0.696. The summed E-state index contributed by atoms with van der Waals surface area (Å²) in [5, 5.41) is 7.17. The van der Waals surface area contributed by atoms with Crippen LogP contribution in [0.1, 0.15) is 12.5 Å². The monoisotopic (exact) mass is 321 g/mol. The van der Waals surface area contributed by atoms with Gasteiger partial charge in [-0.15, -0.1) is 0 Å². The highest BCUT2D eigenvalue weighted by atomic mass is 16.5. The van der Waals surface area contributed by atoms with Gasteiger partial charge in [0.2, 0.25) is 5.91 Å². The number of carbonyl (C=O) groups excluding carboxylic acids is 2. The van der Waals surface area contributed by atoms with Crippen LogP contribution >= 0.6 is 0 Å². The Morgan fingerprint density at radius 2 is 1.62 bits per heavy atom. The Labute approximate surface area is 140 Å². The SMILES string of the molecule is COC(=O)C(Cc1cc2ccccc2c2ccccc12)NC(C)=O. The van der Waals surface area contributed by atoms with Gasteiger partial charge in [0, 0.05) is 13.3 Å². The lowest BCUT2D eigenvalue weighted by molar-refractivity contribution is -0.144. The van der Waals surface area contributed by atoms with Gasteiger partial charge in [-0.25, -0.2) is 4.79 Å². The lowest BCUT2D eigenvalue weighted by atomic mass is 9.93. The van der Waals surface area contributed by atoms with Crippen LogP contribution in [0.4, 0.5) is 0 Å². The Bertz CT molecular complexity index is 917. The van der Waals surface area contributed by atoms with Crippen LogP contribution in [0, 0.1) is 0 Å². The molecule has 4 heteroatoms. The lowest BCUT2D eigenvalue weighted by Gasteiger charge is -2.17. The first-order valence-electron chi connectivity index (χ1n) is 7.84. The van der Waals surface area contributed by atoms with E-state index >= 15 is 0 Å². The Balaban J connectivity index is 2.13. The molecule has 24 heavy (non-hydrogen) atoms. The Morgan fingerprint density at radius 1 is 1.00 bits per heavy atom. The minimum atomic E-state index is -0.697. The first-order valence-corrected chi connectivity index (χ1v) is 7.84. The second kappa shape index (κ2) is 6.71. The van der Waals surface area contributed by atoms with Gasteiger partial charge in [0.1, 0.15) is 6.04 Å². The minimum Gasteiger partial charge on any atom is -0.467 e. The van der Waals surface area contributed by atoms with Crippen molar-refractivity contribution in [1.29, 1.82) is 0 Å². The fraction of sp³-hybridized carbons (Fsp3) is 0.200. The predicted molar refractivity (Wildman–Crippen MR) is 94.8 cm³/mol. The zero-order valence-electron chi connectivity index (χ0n) is 13.7. The third kappa shape index (κ3) is 3.08. The van der Waals surface area contributed by atoms with Crippen molar-refractivity contribution in [3.8, 4) is 0 Å². The van der Waals surface area contributed by atoms with Gasteiger partial charge >= 0.3 is 5.97 Å². The average molecular weight is 321 g/mol. The largest absolute Gasteiger partial charge is 0.467 e. The molecule has 3 aromatic rings. The first-order chi connectivity index (χ1) is 11.6. The topological polar surface area (TPSA) is 55.4 Å². The van der Waals surface area contributed by atoms with Crippen LogP contribution in [0.3, 0.4) is 0 Å². The third-order valence-corrected chi connectivity index (χ3v) is 4.14. The van der Waals surface area contributed by atoms with E-state index in [2.05, 4.69) is 29.6 Å². The van der Waals surface area contributed by atoms with Gasteiger partial charge in [0.15, 0.2) is 0 Å². The van der Waals surface area contributed by atoms with E-state index in [0.29, 0.717) is 6.42 Å². The van der Waals surface area contributed by atoms with Gasteiger partial charge in [-0.3, -0.25) is 4.79 Å². The van der Waals surface area contributed by atoms with Crippen molar-refractivity contribution >= 4 is 33.4 Å². The van der Waals surface area contributed by atoms with E-state index in [-0.39, 0.29) is 5.91 Å². The molecular formula is C20H19NO3. The molecule has 0 spiro atoms. The molecule has 1 N–H and O–H groups in total. The van der Waals surface area contributed by atoms with Crippen LogP contribution in [0.25, 0.3) is 21.5 Å². The minimum absolute atomic E-state index is 0.254. The second-order valence-electron chi connectivity index (χ2n) is 5.78. The molecule has 0 radical (unpaired) electrons. The molecule has 0 heterocycles. The molecule has 1 unspecified atom stereocenters. The maximum atomic E-state index is 12.0. The standard InChI is InChI=1S/C20H19NO3/c1-13(22)21-19(20(23)24-2)12-15-11-14-7-3-4-8-16(14)18-10-6-5-9-17(15)18/h3-11,19H,12H2,1-2H3,(H,21,22).